The van der Waals surface area contributed by atoms with Gasteiger partial charge in [-0.2, -0.15) is 5.10 Å². The van der Waals surface area contributed by atoms with Crippen molar-refractivity contribution in [1.82, 2.24) is 15.1 Å². The lowest BCUT2D eigenvalue weighted by Crippen LogP contribution is -2.44. The molecule has 0 spiro atoms. The number of carbonyl (C=O) groups excluding carboxylic acids is 2. The molecule has 2 aromatic heterocycles. The summed E-state index contributed by atoms with van der Waals surface area (Å²) in [5.74, 6) is 0.551. The molecule has 2 atom stereocenters. The Kier molecular flexibility index (Phi) is 7.68. The van der Waals surface area contributed by atoms with Crippen molar-refractivity contribution in [2.45, 2.75) is 50.4 Å². The molecule has 1 saturated heterocycles. The summed E-state index contributed by atoms with van der Waals surface area (Å²) in [7, 11) is 0. The molecule has 1 aromatic carbocycles. The fourth-order valence-corrected chi connectivity index (χ4v) is 7.12. The maximum atomic E-state index is 13.6. The van der Waals surface area contributed by atoms with Crippen LogP contribution in [0.1, 0.15) is 55.0 Å². The van der Waals surface area contributed by atoms with Crippen LogP contribution in [0.4, 0.5) is 5.82 Å². The number of nitrogens with zero attached hydrogens (tertiary/aromatic N) is 3. The summed E-state index contributed by atoms with van der Waals surface area (Å²) in [6.45, 7) is 7.45. The number of hydrogen-bond donors (Lipinski definition) is 1. The number of anilines is 1. The van der Waals surface area contributed by atoms with Crippen molar-refractivity contribution in [3.63, 3.8) is 0 Å². The van der Waals surface area contributed by atoms with Crippen molar-refractivity contribution in [2.75, 3.05) is 30.3 Å². The van der Waals surface area contributed by atoms with Crippen LogP contribution in [0.2, 0.25) is 5.02 Å². The standard InChI is InChI=1S/C27H31ClN4O3S2/c1-27(2,3)25-23-24(20-10-6-12-36-20)37-16-22(34)31(15-21(33)29-14-19-9-5-11-35-19)26(23)32(30-25)18-8-4-7-17(28)13-18/h4,6-8,10,12-13,19,24H,5,9,11,14-16H2,1-3H3,(H,29,33)/t19-,24+/m0/s1. The number of carbonyl (C=O) groups is 2. The van der Waals surface area contributed by atoms with Gasteiger partial charge in [0.05, 0.1) is 28.5 Å². The minimum Gasteiger partial charge on any atom is -0.376 e. The zero-order valence-electron chi connectivity index (χ0n) is 21.2. The molecule has 0 unspecified atom stereocenters. The lowest BCUT2D eigenvalue weighted by molar-refractivity contribution is -0.123. The minimum atomic E-state index is -0.300. The molecule has 0 aliphatic carbocycles. The predicted molar refractivity (Wildman–Crippen MR) is 150 cm³/mol. The Morgan fingerprint density at radius 3 is 2.78 bits per heavy atom. The van der Waals surface area contributed by atoms with Gasteiger partial charge in [0.1, 0.15) is 12.4 Å². The molecule has 4 heterocycles. The minimum absolute atomic E-state index is 0.0302. The number of ether oxygens (including phenoxy) is 1. The van der Waals surface area contributed by atoms with Crippen molar-refractivity contribution >= 4 is 52.3 Å². The Bertz CT molecular complexity index is 1280. The van der Waals surface area contributed by atoms with Crippen molar-refractivity contribution < 1.29 is 14.3 Å². The number of rotatable bonds is 6. The highest BCUT2D eigenvalue weighted by atomic mass is 35.5. The summed E-state index contributed by atoms with van der Waals surface area (Å²) in [6.07, 6.45) is 1.97. The number of fused-ring (bicyclic) bond motifs is 1. The van der Waals surface area contributed by atoms with Crippen LogP contribution in [0, 0.1) is 0 Å². The molecule has 37 heavy (non-hydrogen) atoms. The fraction of sp³-hybridized carbons (Fsp3) is 0.444. The van der Waals surface area contributed by atoms with Crippen LogP contribution in [0.15, 0.2) is 41.8 Å². The SMILES string of the molecule is CC(C)(C)c1nn(-c2cccc(Cl)c2)c2c1[C@@H](c1cccs1)SCC(=O)N2CC(=O)NC[C@@H]1CCCO1. The molecule has 2 aliphatic heterocycles. The molecule has 3 aromatic rings. The molecule has 1 N–H and O–H groups in total. The topological polar surface area (TPSA) is 76.5 Å². The quantitative estimate of drug-likeness (QED) is 0.441. The number of amides is 2. The summed E-state index contributed by atoms with van der Waals surface area (Å²) in [5.41, 5.74) is 2.31. The number of benzene rings is 1. The second-order valence-electron chi connectivity index (χ2n) is 10.4. The summed E-state index contributed by atoms with van der Waals surface area (Å²) >= 11 is 9.62. The van der Waals surface area contributed by atoms with E-state index in [9.17, 15) is 9.59 Å². The summed E-state index contributed by atoms with van der Waals surface area (Å²) in [4.78, 5) is 29.5. The van der Waals surface area contributed by atoms with E-state index < -0.39 is 0 Å². The van der Waals surface area contributed by atoms with Crippen LogP contribution < -0.4 is 10.2 Å². The van der Waals surface area contributed by atoms with E-state index in [0.717, 1.165) is 41.3 Å². The normalized spacial score (nSPS) is 20.1. The largest absolute Gasteiger partial charge is 0.376 e. The van der Waals surface area contributed by atoms with Crippen molar-refractivity contribution in [1.29, 1.82) is 0 Å². The van der Waals surface area contributed by atoms with Gasteiger partial charge in [0.15, 0.2) is 0 Å². The third-order valence-corrected chi connectivity index (χ3v) is 9.06. The molecular formula is C27H31ClN4O3S2. The second kappa shape index (κ2) is 10.8. The first-order chi connectivity index (χ1) is 17.7. The zero-order chi connectivity index (χ0) is 26.2. The average Bonchev–Trinajstić information content (AvgIpc) is 3.61. The molecule has 10 heteroatoms. The van der Waals surface area contributed by atoms with Gasteiger partial charge in [-0.1, -0.05) is 44.5 Å². The Hall–Kier alpha value is -2.33. The van der Waals surface area contributed by atoms with E-state index in [1.807, 2.05) is 30.3 Å². The number of hydrogen-bond acceptors (Lipinski definition) is 6. The van der Waals surface area contributed by atoms with Crippen LogP contribution in [-0.2, 0) is 19.7 Å². The third kappa shape index (κ3) is 5.60. The van der Waals surface area contributed by atoms with E-state index in [1.54, 1.807) is 32.7 Å². The Morgan fingerprint density at radius 1 is 1.27 bits per heavy atom. The van der Waals surface area contributed by atoms with Crippen molar-refractivity contribution in [2.24, 2.45) is 0 Å². The molecule has 2 aliphatic rings. The van der Waals surface area contributed by atoms with Crippen LogP contribution in [0.25, 0.3) is 5.69 Å². The van der Waals surface area contributed by atoms with Gasteiger partial charge in [-0.15, -0.1) is 23.1 Å². The van der Waals surface area contributed by atoms with Crippen LogP contribution in [-0.4, -0.2) is 53.1 Å². The molecular weight excluding hydrogens is 528 g/mol. The van der Waals surface area contributed by atoms with E-state index in [2.05, 4.69) is 37.5 Å². The van der Waals surface area contributed by atoms with Crippen LogP contribution in [0.5, 0.6) is 0 Å². The van der Waals surface area contributed by atoms with Gasteiger partial charge in [0, 0.05) is 34.0 Å². The number of thioether (sulfide) groups is 1. The molecule has 0 bridgehead atoms. The fourth-order valence-electron chi connectivity index (χ4n) is 4.76. The smallest absolute Gasteiger partial charge is 0.240 e. The number of nitrogens with one attached hydrogen (secondary N) is 1. The summed E-state index contributed by atoms with van der Waals surface area (Å²) in [5, 5.41) is 10.6. The highest BCUT2D eigenvalue weighted by Gasteiger charge is 2.40. The van der Waals surface area contributed by atoms with Gasteiger partial charge >= 0.3 is 0 Å². The van der Waals surface area contributed by atoms with Gasteiger partial charge in [-0.3, -0.25) is 14.5 Å². The zero-order valence-corrected chi connectivity index (χ0v) is 23.6. The summed E-state index contributed by atoms with van der Waals surface area (Å²) < 4.78 is 7.44. The van der Waals surface area contributed by atoms with E-state index in [4.69, 9.17) is 21.4 Å². The first-order valence-corrected chi connectivity index (χ1v) is 14.8. The maximum absolute atomic E-state index is 13.6. The average molecular weight is 559 g/mol. The molecule has 1 fully saturated rings. The highest BCUT2D eigenvalue weighted by molar-refractivity contribution is 8.00. The van der Waals surface area contributed by atoms with Gasteiger partial charge in [0.2, 0.25) is 11.8 Å². The second-order valence-corrected chi connectivity index (χ2v) is 12.9. The van der Waals surface area contributed by atoms with Gasteiger partial charge in [-0.05, 0) is 42.5 Å². The molecule has 2 amide bonds. The van der Waals surface area contributed by atoms with Gasteiger partial charge in [-0.25, -0.2) is 4.68 Å². The molecule has 0 radical (unpaired) electrons. The van der Waals surface area contributed by atoms with Crippen molar-refractivity contribution in [3.8, 4) is 5.69 Å². The van der Waals surface area contributed by atoms with Crippen LogP contribution >= 0.6 is 34.7 Å². The number of halogens is 1. The first kappa shape index (κ1) is 26.3. The maximum Gasteiger partial charge on any atom is 0.240 e. The highest BCUT2D eigenvalue weighted by Crippen LogP contribution is 2.49. The molecule has 7 nitrogen and oxygen atoms in total. The molecule has 5 rings (SSSR count). The van der Waals surface area contributed by atoms with E-state index >= 15 is 0 Å². The Morgan fingerprint density at radius 2 is 2.11 bits per heavy atom. The lowest BCUT2D eigenvalue weighted by Gasteiger charge is -2.24. The molecule has 196 valence electrons. The van der Waals surface area contributed by atoms with Gasteiger partial charge < -0.3 is 10.1 Å². The van der Waals surface area contributed by atoms with E-state index in [0.29, 0.717) is 17.4 Å². The lowest BCUT2D eigenvalue weighted by atomic mass is 9.88. The number of thiophene rings is 1. The first-order valence-electron chi connectivity index (χ1n) is 12.5. The summed E-state index contributed by atoms with van der Waals surface area (Å²) in [6, 6.07) is 11.6. The van der Waals surface area contributed by atoms with Gasteiger partial charge in [0.25, 0.3) is 0 Å². The van der Waals surface area contributed by atoms with Crippen LogP contribution in [0.3, 0.4) is 0 Å². The van der Waals surface area contributed by atoms with Crippen molar-refractivity contribution in [3.05, 3.63) is 62.9 Å². The molecule has 0 saturated carbocycles. The Balaban J connectivity index is 1.63. The van der Waals surface area contributed by atoms with E-state index in [-0.39, 0.29) is 40.9 Å². The third-order valence-electron chi connectivity index (χ3n) is 6.51. The van der Waals surface area contributed by atoms with E-state index in [1.165, 1.54) is 0 Å². The predicted octanol–water partition coefficient (Wildman–Crippen LogP) is 5.35. The monoisotopic (exact) mass is 558 g/mol. The Labute approximate surface area is 230 Å². The number of aromatic nitrogens is 2.